The summed E-state index contributed by atoms with van der Waals surface area (Å²) in [5.41, 5.74) is 0.404. The highest BCUT2D eigenvalue weighted by Gasteiger charge is 2.37. The minimum atomic E-state index is -5.14. The van der Waals surface area contributed by atoms with Gasteiger partial charge in [-0.05, 0) is 79.9 Å². The van der Waals surface area contributed by atoms with E-state index in [0.29, 0.717) is 29.7 Å². The Morgan fingerprint density at radius 3 is 2.26 bits per heavy atom. The number of halogens is 5. The van der Waals surface area contributed by atoms with Crippen LogP contribution in [0, 0.1) is 29.4 Å². The molecule has 2 aliphatic carbocycles. The molecule has 27 heavy (non-hydrogen) atoms. The van der Waals surface area contributed by atoms with E-state index in [1.165, 1.54) is 0 Å². The van der Waals surface area contributed by atoms with Gasteiger partial charge in [0.15, 0.2) is 11.6 Å². The van der Waals surface area contributed by atoms with Gasteiger partial charge in [-0.1, -0.05) is 6.42 Å². The second-order valence-corrected chi connectivity index (χ2v) is 7.81. The van der Waals surface area contributed by atoms with Crippen molar-refractivity contribution in [1.29, 1.82) is 0 Å². The van der Waals surface area contributed by atoms with Crippen LogP contribution < -0.4 is 4.74 Å². The lowest BCUT2D eigenvalue weighted by molar-refractivity contribution is -0.276. The molecule has 2 fully saturated rings. The van der Waals surface area contributed by atoms with Crippen LogP contribution in [-0.4, -0.2) is 12.6 Å². The Kier molecular flexibility index (Phi) is 6.06. The summed E-state index contributed by atoms with van der Waals surface area (Å²) < 4.78 is 68.3. The molecule has 2 aliphatic rings. The van der Waals surface area contributed by atoms with Gasteiger partial charge in [0.25, 0.3) is 0 Å². The van der Waals surface area contributed by atoms with Crippen LogP contribution in [0.15, 0.2) is 12.1 Å². The van der Waals surface area contributed by atoms with Gasteiger partial charge < -0.3 is 9.53 Å². The molecule has 1 aromatic rings. The number of carbonyl (C=O) groups excluding carboxylic acids is 1. The van der Waals surface area contributed by atoms with Crippen molar-refractivity contribution in [3.63, 3.8) is 0 Å². The molecule has 150 valence electrons. The van der Waals surface area contributed by atoms with Crippen LogP contribution in [0.5, 0.6) is 5.75 Å². The van der Waals surface area contributed by atoms with Crippen LogP contribution in [0.2, 0.25) is 0 Å². The maximum Gasteiger partial charge on any atom is 0.573 e. The maximum absolute atomic E-state index is 14.0. The van der Waals surface area contributed by atoms with E-state index in [4.69, 9.17) is 0 Å². The Morgan fingerprint density at radius 2 is 1.63 bits per heavy atom. The van der Waals surface area contributed by atoms with E-state index >= 15 is 0 Å². The maximum atomic E-state index is 14.0. The van der Waals surface area contributed by atoms with Gasteiger partial charge in [0.2, 0.25) is 5.75 Å². The van der Waals surface area contributed by atoms with Crippen molar-refractivity contribution in [1.82, 2.24) is 0 Å². The smallest absolute Gasteiger partial charge is 0.399 e. The molecule has 0 spiro atoms. The second-order valence-electron chi connectivity index (χ2n) is 7.81. The Morgan fingerprint density at radius 1 is 1.00 bits per heavy atom. The predicted octanol–water partition coefficient (Wildman–Crippen LogP) is 6.14. The lowest BCUT2D eigenvalue weighted by atomic mass is 9.63. The average Bonchev–Trinajstić information content (AvgIpc) is 2.61. The zero-order chi connectivity index (χ0) is 19.6. The Bertz CT molecular complexity index is 650. The highest BCUT2D eigenvalue weighted by Crippen LogP contribution is 2.48. The highest BCUT2D eigenvalue weighted by atomic mass is 19.4. The number of fused-ring (bicyclic) bond motifs is 1. The normalized spacial score (nSPS) is 28.5. The molecule has 0 aromatic heterocycles. The number of alkyl halides is 3. The molecule has 4 atom stereocenters. The number of ether oxygens (including phenoxy) is 1. The molecular weight excluding hydrogens is 367 g/mol. The SMILES string of the molecule is O=CCC[C@@H]1CC[C@@H]2CC(c3cc(F)c(OC(F)(F)F)c(F)c3)CC[C@@H]2C1. The molecule has 0 bridgehead atoms. The zero-order valence-corrected chi connectivity index (χ0v) is 14.9. The van der Waals surface area contributed by atoms with E-state index in [-0.39, 0.29) is 5.92 Å². The first-order valence-electron chi connectivity index (χ1n) is 9.45. The summed E-state index contributed by atoms with van der Waals surface area (Å²) >= 11 is 0. The first-order chi connectivity index (χ1) is 12.8. The fraction of sp³-hybridized carbons (Fsp3) is 0.650. The fourth-order valence-corrected chi connectivity index (χ4v) is 4.88. The summed E-state index contributed by atoms with van der Waals surface area (Å²) in [5.74, 6) is -2.48. The third-order valence-corrected chi connectivity index (χ3v) is 6.12. The minimum absolute atomic E-state index is 0.0540. The summed E-state index contributed by atoms with van der Waals surface area (Å²) in [7, 11) is 0. The van der Waals surface area contributed by atoms with Crippen LogP contribution in [0.3, 0.4) is 0 Å². The van der Waals surface area contributed by atoms with Gasteiger partial charge in [0.1, 0.15) is 6.29 Å². The van der Waals surface area contributed by atoms with Crippen molar-refractivity contribution in [3.8, 4) is 5.75 Å². The van der Waals surface area contributed by atoms with Gasteiger partial charge in [-0.15, -0.1) is 13.2 Å². The molecule has 1 aromatic carbocycles. The number of carbonyl (C=O) groups is 1. The van der Waals surface area contributed by atoms with Crippen molar-refractivity contribution in [2.75, 3.05) is 0 Å². The van der Waals surface area contributed by atoms with Gasteiger partial charge in [-0.2, -0.15) is 0 Å². The average molecular weight is 390 g/mol. The van der Waals surface area contributed by atoms with Crippen molar-refractivity contribution >= 4 is 6.29 Å². The van der Waals surface area contributed by atoms with Gasteiger partial charge >= 0.3 is 6.36 Å². The first kappa shape index (κ1) is 20.1. The molecule has 0 saturated heterocycles. The first-order valence-corrected chi connectivity index (χ1v) is 9.45. The van der Waals surface area contributed by atoms with E-state index in [9.17, 15) is 26.7 Å². The van der Waals surface area contributed by atoms with E-state index in [2.05, 4.69) is 4.74 Å². The van der Waals surface area contributed by atoms with Crippen molar-refractivity contribution in [3.05, 3.63) is 29.3 Å². The number of hydrogen-bond donors (Lipinski definition) is 0. The number of rotatable bonds is 5. The Balaban J connectivity index is 1.66. The molecule has 0 N–H and O–H groups in total. The Hall–Kier alpha value is -1.66. The second kappa shape index (κ2) is 8.15. The third kappa shape index (κ3) is 4.99. The van der Waals surface area contributed by atoms with E-state index in [1.54, 1.807) is 0 Å². The summed E-state index contributed by atoms with van der Waals surface area (Å²) in [5, 5.41) is 0. The molecule has 0 radical (unpaired) electrons. The molecule has 0 amide bonds. The van der Waals surface area contributed by atoms with Crippen LogP contribution in [0.4, 0.5) is 22.0 Å². The van der Waals surface area contributed by atoms with E-state index < -0.39 is 23.7 Å². The molecule has 1 unspecified atom stereocenters. The summed E-state index contributed by atoms with van der Waals surface area (Å²) in [6, 6.07) is 1.95. The largest absolute Gasteiger partial charge is 0.573 e. The van der Waals surface area contributed by atoms with Crippen molar-refractivity contribution in [2.45, 2.75) is 63.6 Å². The summed E-state index contributed by atoms with van der Waals surface area (Å²) in [6.45, 7) is 0. The van der Waals surface area contributed by atoms with Crippen molar-refractivity contribution < 1.29 is 31.5 Å². The molecule has 7 heteroatoms. The number of aldehydes is 1. The fourth-order valence-electron chi connectivity index (χ4n) is 4.88. The van der Waals surface area contributed by atoms with E-state index in [1.807, 2.05) is 0 Å². The third-order valence-electron chi connectivity index (χ3n) is 6.12. The van der Waals surface area contributed by atoms with Crippen LogP contribution in [0.1, 0.15) is 62.8 Å². The highest BCUT2D eigenvalue weighted by molar-refractivity contribution is 5.49. The van der Waals surface area contributed by atoms with Gasteiger partial charge in [-0.3, -0.25) is 0 Å². The van der Waals surface area contributed by atoms with Gasteiger partial charge in [0.05, 0.1) is 0 Å². The lowest BCUT2D eigenvalue weighted by Gasteiger charge is -2.42. The van der Waals surface area contributed by atoms with E-state index in [0.717, 1.165) is 63.4 Å². The lowest BCUT2D eigenvalue weighted by Crippen LogP contribution is -2.30. The molecular formula is C20H23F5O2. The topological polar surface area (TPSA) is 26.3 Å². The number of hydrogen-bond acceptors (Lipinski definition) is 2. The predicted molar refractivity (Wildman–Crippen MR) is 89.3 cm³/mol. The standard InChI is InChI=1S/C20H23F5O2/c21-17-10-16(11-18(22)19(17)27-20(23,24)25)15-6-5-13-8-12(2-1-7-26)3-4-14(13)9-15/h7,10-15H,1-6,8-9H2/t12-,13-,14-,15?/m1/s1. The molecule has 0 aliphatic heterocycles. The van der Waals surface area contributed by atoms with Crippen molar-refractivity contribution in [2.24, 2.45) is 17.8 Å². The van der Waals surface area contributed by atoms with Crippen LogP contribution in [-0.2, 0) is 4.79 Å². The monoisotopic (exact) mass is 390 g/mol. The number of benzene rings is 1. The molecule has 3 rings (SSSR count). The summed E-state index contributed by atoms with van der Waals surface area (Å²) in [6.07, 6.45) is 3.02. The molecule has 0 heterocycles. The summed E-state index contributed by atoms with van der Waals surface area (Å²) in [4.78, 5) is 10.6. The van der Waals surface area contributed by atoms with Crippen LogP contribution >= 0.6 is 0 Å². The van der Waals surface area contributed by atoms with Crippen LogP contribution in [0.25, 0.3) is 0 Å². The quantitative estimate of drug-likeness (QED) is 0.446. The minimum Gasteiger partial charge on any atom is -0.399 e. The van der Waals surface area contributed by atoms with Gasteiger partial charge in [-0.25, -0.2) is 8.78 Å². The zero-order valence-electron chi connectivity index (χ0n) is 14.9. The molecule has 2 nitrogen and oxygen atoms in total. The molecule has 2 saturated carbocycles. The van der Waals surface area contributed by atoms with Gasteiger partial charge in [0, 0.05) is 6.42 Å². The Labute approximate surface area is 155 Å².